The van der Waals surface area contributed by atoms with E-state index in [1.165, 1.54) is 27.8 Å². The van der Waals surface area contributed by atoms with E-state index in [1.54, 1.807) is 12.1 Å². The van der Waals surface area contributed by atoms with E-state index in [9.17, 15) is 9.59 Å². The van der Waals surface area contributed by atoms with Crippen LogP contribution in [0.2, 0.25) is 0 Å². The van der Waals surface area contributed by atoms with Crippen molar-refractivity contribution in [2.75, 3.05) is 0 Å². The number of carbonyl (C=O) groups excluding carboxylic acids is 1. The summed E-state index contributed by atoms with van der Waals surface area (Å²) in [5.74, 6) is -0.0551. The minimum atomic E-state index is -0.278. The van der Waals surface area contributed by atoms with Gasteiger partial charge in [0.2, 0.25) is 5.78 Å². The molecule has 0 N–H and O–H groups in total. The summed E-state index contributed by atoms with van der Waals surface area (Å²) in [5.41, 5.74) is 3.45. The zero-order valence-corrected chi connectivity index (χ0v) is 19.0. The molecular weight excluding hydrogens is 476 g/mol. The molecule has 0 bridgehead atoms. The lowest BCUT2D eigenvalue weighted by Gasteiger charge is -2.05. The first-order chi connectivity index (χ1) is 15.0. The maximum absolute atomic E-state index is 13.2. The number of nitrogens with zero attached hydrogens (tertiary/aromatic N) is 2. The summed E-state index contributed by atoms with van der Waals surface area (Å²) in [7, 11) is 0. The fourth-order valence-corrected chi connectivity index (χ4v) is 4.88. The molecule has 0 atom stereocenters. The Morgan fingerprint density at radius 3 is 2.74 bits per heavy atom. The lowest BCUT2D eigenvalue weighted by atomic mass is 10.0. The summed E-state index contributed by atoms with van der Waals surface area (Å²) in [6, 6.07) is 15.4. The molecule has 0 saturated carbocycles. The zero-order chi connectivity index (χ0) is 21.5. The summed E-state index contributed by atoms with van der Waals surface area (Å²) in [6.07, 6.45) is 2.39. The van der Waals surface area contributed by atoms with Crippen molar-refractivity contribution in [3.05, 3.63) is 86.4 Å². The number of halogens is 1. The second-order valence-corrected chi connectivity index (χ2v) is 9.05. The second kappa shape index (κ2) is 7.90. The molecule has 3 aromatic heterocycles. The topological polar surface area (TPSA) is 65.1 Å². The number of aryl methyl sites for hydroxylation is 1. The van der Waals surface area contributed by atoms with Crippen molar-refractivity contribution in [3.8, 4) is 11.1 Å². The van der Waals surface area contributed by atoms with Gasteiger partial charge in [0.05, 0.1) is 18.3 Å². The number of furan rings is 1. The molecular formula is C24H17BrN2O3S. The van der Waals surface area contributed by atoms with E-state index in [4.69, 9.17) is 4.42 Å². The van der Waals surface area contributed by atoms with Crippen LogP contribution >= 0.6 is 27.3 Å². The Balaban J connectivity index is 1.51. The number of ketones is 1. The van der Waals surface area contributed by atoms with Gasteiger partial charge in [0, 0.05) is 20.8 Å². The predicted molar refractivity (Wildman–Crippen MR) is 127 cm³/mol. The molecule has 0 fully saturated rings. The molecule has 7 heteroatoms. The van der Waals surface area contributed by atoms with Crippen LogP contribution in [0.3, 0.4) is 0 Å². The number of carbonyl (C=O) groups is 1. The molecule has 0 aliphatic carbocycles. The standard InChI is InChI=1S/C24H17BrN2O3S/c1-2-14-3-5-15(6-4-14)18-12-31-23-22(18)24(29)27(13-26-23)11-19(28)21-10-16-9-17(25)7-8-20(16)30-21/h3-10,12-13H,2,11H2,1H3. The van der Waals surface area contributed by atoms with Gasteiger partial charge >= 0.3 is 0 Å². The number of fused-ring (bicyclic) bond motifs is 2. The Hall–Kier alpha value is -3.03. The van der Waals surface area contributed by atoms with Gasteiger partial charge in [-0.15, -0.1) is 11.3 Å². The van der Waals surface area contributed by atoms with Gasteiger partial charge in [-0.1, -0.05) is 47.1 Å². The van der Waals surface area contributed by atoms with Crippen LogP contribution in [-0.4, -0.2) is 15.3 Å². The third-order valence-electron chi connectivity index (χ3n) is 5.30. The van der Waals surface area contributed by atoms with Gasteiger partial charge in [-0.05, 0) is 41.8 Å². The van der Waals surface area contributed by atoms with Gasteiger partial charge in [-0.25, -0.2) is 4.98 Å². The summed E-state index contributed by atoms with van der Waals surface area (Å²) < 4.78 is 7.94. The highest BCUT2D eigenvalue weighted by atomic mass is 79.9. The van der Waals surface area contributed by atoms with Crippen molar-refractivity contribution in [3.63, 3.8) is 0 Å². The first kappa shape index (κ1) is 19.9. The van der Waals surface area contributed by atoms with E-state index < -0.39 is 0 Å². The van der Waals surface area contributed by atoms with Gasteiger partial charge < -0.3 is 4.42 Å². The van der Waals surface area contributed by atoms with Crippen molar-refractivity contribution in [2.45, 2.75) is 19.9 Å². The molecule has 154 valence electrons. The van der Waals surface area contributed by atoms with Gasteiger partial charge in [0.15, 0.2) is 5.76 Å². The van der Waals surface area contributed by atoms with E-state index in [0.29, 0.717) is 15.8 Å². The van der Waals surface area contributed by atoms with Crippen molar-refractivity contribution in [2.24, 2.45) is 0 Å². The van der Waals surface area contributed by atoms with Crippen LogP contribution in [0.1, 0.15) is 23.0 Å². The normalized spacial score (nSPS) is 11.4. The Morgan fingerprint density at radius 1 is 1.16 bits per heavy atom. The molecule has 0 aliphatic heterocycles. The second-order valence-electron chi connectivity index (χ2n) is 7.27. The van der Waals surface area contributed by atoms with Gasteiger partial charge in [-0.2, -0.15) is 0 Å². The summed E-state index contributed by atoms with van der Waals surface area (Å²) in [6.45, 7) is 1.97. The lowest BCUT2D eigenvalue weighted by molar-refractivity contribution is 0.0945. The molecule has 5 nitrogen and oxygen atoms in total. The average Bonchev–Trinajstić information content (AvgIpc) is 3.40. The number of rotatable bonds is 5. The van der Waals surface area contributed by atoms with Gasteiger partial charge in [0.1, 0.15) is 10.4 Å². The first-order valence-electron chi connectivity index (χ1n) is 9.81. The van der Waals surface area contributed by atoms with Crippen LogP contribution in [0, 0.1) is 0 Å². The van der Waals surface area contributed by atoms with Crippen molar-refractivity contribution in [1.82, 2.24) is 9.55 Å². The maximum Gasteiger partial charge on any atom is 0.263 e. The molecule has 2 aromatic carbocycles. The predicted octanol–water partition coefficient (Wildman–Crippen LogP) is 6.08. The van der Waals surface area contributed by atoms with E-state index in [2.05, 4.69) is 40.0 Å². The minimum absolute atomic E-state index is 0.132. The highest BCUT2D eigenvalue weighted by Crippen LogP contribution is 2.31. The van der Waals surface area contributed by atoms with E-state index in [-0.39, 0.29) is 23.6 Å². The zero-order valence-electron chi connectivity index (χ0n) is 16.6. The summed E-state index contributed by atoms with van der Waals surface area (Å²) in [4.78, 5) is 31.1. The largest absolute Gasteiger partial charge is 0.453 e. The number of aromatic nitrogens is 2. The highest BCUT2D eigenvalue weighted by molar-refractivity contribution is 9.10. The monoisotopic (exact) mass is 492 g/mol. The number of thiophene rings is 1. The molecule has 0 amide bonds. The molecule has 0 radical (unpaired) electrons. The van der Waals surface area contributed by atoms with Crippen molar-refractivity contribution in [1.29, 1.82) is 0 Å². The van der Waals surface area contributed by atoms with Crippen molar-refractivity contribution < 1.29 is 9.21 Å². The highest BCUT2D eigenvalue weighted by Gasteiger charge is 2.17. The molecule has 3 heterocycles. The minimum Gasteiger partial charge on any atom is -0.453 e. The van der Waals surface area contributed by atoms with Crippen LogP contribution in [-0.2, 0) is 13.0 Å². The van der Waals surface area contributed by atoms with Crippen LogP contribution in [0.15, 0.2) is 73.9 Å². The molecule has 5 aromatic rings. The fraction of sp³-hybridized carbons (Fsp3) is 0.125. The molecule has 0 aliphatic rings. The Labute approximate surface area is 190 Å². The maximum atomic E-state index is 13.2. The first-order valence-corrected chi connectivity index (χ1v) is 11.5. The lowest BCUT2D eigenvalue weighted by Crippen LogP contribution is -2.24. The van der Waals surface area contributed by atoms with Gasteiger partial charge in [-0.3, -0.25) is 14.2 Å². The molecule has 0 saturated heterocycles. The van der Waals surface area contributed by atoms with Gasteiger partial charge in [0.25, 0.3) is 5.56 Å². The van der Waals surface area contributed by atoms with Crippen LogP contribution in [0.4, 0.5) is 0 Å². The van der Waals surface area contributed by atoms with Crippen LogP contribution in [0.5, 0.6) is 0 Å². The third-order valence-corrected chi connectivity index (χ3v) is 6.68. The summed E-state index contributed by atoms with van der Waals surface area (Å²) in [5, 5.41) is 3.32. The van der Waals surface area contributed by atoms with E-state index >= 15 is 0 Å². The fourth-order valence-electron chi connectivity index (χ4n) is 3.60. The average molecular weight is 493 g/mol. The molecule has 0 spiro atoms. The molecule has 5 rings (SSSR count). The van der Waals surface area contributed by atoms with E-state index in [0.717, 1.165) is 27.4 Å². The summed E-state index contributed by atoms with van der Waals surface area (Å²) >= 11 is 4.84. The number of hydrogen-bond acceptors (Lipinski definition) is 5. The van der Waals surface area contributed by atoms with Crippen LogP contribution < -0.4 is 5.56 Å². The van der Waals surface area contributed by atoms with E-state index in [1.807, 2.05) is 29.6 Å². The Bertz CT molecular complexity index is 1500. The quantitative estimate of drug-likeness (QED) is 0.279. The smallest absolute Gasteiger partial charge is 0.263 e. The van der Waals surface area contributed by atoms with Crippen LogP contribution in [0.25, 0.3) is 32.3 Å². The number of Topliss-reactive ketones (excluding diaryl/α,β-unsaturated/α-hetero) is 1. The Kier molecular flexibility index (Phi) is 5.08. The number of benzene rings is 2. The third kappa shape index (κ3) is 3.64. The molecule has 0 unspecified atom stereocenters. The SMILES string of the molecule is CCc1ccc(-c2csc3ncn(CC(=O)c4cc5cc(Br)ccc5o4)c(=O)c23)cc1. The Morgan fingerprint density at radius 2 is 1.97 bits per heavy atom. The van der Waals surface area contributed by atoms with Crippen molar-refractivity contribution >= 4 is 54.2 Å². The molecule has 31 heavy (non-hydrogen) atoms. The number of hydrogen-bond donors (Lipinski definition) is 0.